The Bertz CT molecular complexity index is 2230. The summed E-state index contributed by atoms with van der Waals surface area (Å²) in [7, 11) is 0. The summed E-state index contributed by atoms with van der Waals surface area (Å²) in [5.74, 6) is 0. The average molecular weight is 582 g/mol. The third-order valence-corrected chi connectivity index (χ3v) is 9.50. The zero-order valence-electron chi connectivity index (χ0n) is 25.8. The molecule has 0 fully saturated rings. The molecular weight excluding hydrogens is 546 g/mol. The molecule has 2 heterocycles. The van der Waals surface area contributed by atoms with Crippen LogP contribution >= 0.6 is 0 Å². The highest BCUT2D eigenvalue weighted by Crippen LogP contribution is 2.54. The van der Waals surface area contributed by atoms with Gasteiger partial charge in [-0.15, -0.1) is 0 Å². The van der Waals surface area contributed by atoms with Crippen molar-refractivity contribution >= 4 is 33.2 Å². The Morgan fingerprint density at radius 2 is 1.22 bits per heavy atom. The Morgan fingerprint density at radius 1 is 0.578 bits per heavy atom. The molecule has 0 amide bonds. The minimum absolute atomic E-state index is 0.270. The van der Waals surface area contributed by atoms with E-state index in [4.69, 9.17) is 4.99 Å². The normalized spacial score (nSPS) is 17.8. The molecule has 0 spiro atoms. The van der Waals surface area contributed by atoms with Crippen molar-refractivity contribution in [1.29, 1.82) is 0 Å². The summed E-state index contributed by atoms with van der Waals surface area (Å²) in [6.07, 6.45) is -0.308. The molecule has 3 nitrogen and oxygen atoms in total. The van der Waals surface area contributed by atoms with Gasteiger partial charge in [0.15, 0.2) is 0 Å². The minimum Gasteiger partial charge on any atom is -0.346 e. The molecule has 1 aliphatic carbocycles. The fourth-order valence-corrected chi connectivity index (χ4v) is 7.45. The number of rotatable bonds is 3. The van der Waals surface area contributed by atoms with Gasteiger partial charge >= 0.3 is 0 Å². The van der Waals surface area contributed by atoms with Crippen molar-refractivity contribution in [3.63, 3.8) is 0 Å². The van der Waals surface area contributed by atoms with E-state index >= 15 is 0 Å². The zero-order valence-corrected chi connectivity index (χ0v) is 25.8. The molecule has 0 saturated carbocycles. The maximum atomic E-state index is 5.43. The lowest BCUT2D eigenvalue weighted by atomic mass is 9.74. The standard InChI is InChI=1S/C40H29N3.C2H6/c1-40(27-16-6-3-7-17-27)33-21-11-8-18-28(33)31-24-32-29-19-10-13-23-36(29)43(37(32)25-34(31)40)39-41-35-22-12-9-20-30(35)38(42-39)26-14-4-2-5-15-26;1-2/h2-25,39,41H,1H3;1-2H3. The lowest BCUT2D eigenvalue weighted by Crippen LogP contribution is -2.25. The van der Waals surface area contributed by atoms with Gasteiger partial charge in [0.1, 0.15) is 0 Å². The highest BCUT2D eigenvalue weighted by Gasteiger charge is 2.41. The SMILES string of the molecule is CC.CC1(c2ccccc2)c2ccccc2-c2cc3c4ccccc4n(C4N=C(c5ccccc5)c5ccccc5N4)c3cc21. The first kappa shape index (κ1) is 27.2. The largest absolute Gasteiger partial charge is 0.346 e. The molecule has 7 aromatic rings. The number of aromatic nitrogens is 1. The second-order valence-electron chi connectivity index (χ2n) is 11.7. The average Bonchev–Trinajstić information content (AvgIpc) is 3.58. The Kier molecular flexibility index (Phi) is 6.42. The number of aliphatic imine (C=N–C) groups is 1. The first-order valence-corrected chi connectivity index (χ1v) is 15.9. The van der Waals surface area contributed by atoms with Crippen molar-refractivity contribution in [2.75, 3.05) is 5.32 Å². The van der Waals surface area contributed by atoms with Crippen molar-refractivity contribution < 1.29 is 0 Å². The highest BCUT2D eigenvalue weighted by atomic mass is 15.3. The Hall–Kier alpha value is -5.41. The van der Waals surface area contributed by atoms with Gasteiger partial charge in [0.25, 0.3) is 0 Å². The molecule has 2 unspecified atom stereocenters. The van der Waals surface area contributed by atoms with Crippen molar-refractivity contribution in [2.45, 2.75) is 32.5 Å². The van der Waals surface area contributed by atoms with Crippen LogP contribution in [-0.2, 0) is 5.41 Å². The monoisotopic (exact) mass is 581 g/mol. The fourth-order valence-electron chi connectivity index (χ4n) is 7.45. The molecular formula is C42H35N3. The maximum Gasteiger partial charge on any atom is 0.201 e. The van der Waals surface area contributed by atoms with E-state index in [0.29, 0.717) is 0 Å². The molecule has 0 saturated heterocycles. The highest BCUT2D eigenvalue weighted by molar-refractivity contribution is 6.17. The Labute approximate surface area is 264 Å². The smallest absolute Gasteiger partial charge is 0.201 e. The number of hydrogen-bond acceptors (Lipinski definition) is 2. The molecule has 1 N–H and O–H groups in total. The molecule has 9 rings (SSSR count). The van der Waals surface area contributed by atoms with Gasteiger partial charge in [-0.1, -0.05) is 135 Å². The number of hydrogen-bond donors (Lipinski definition) is 1. The van der Waals surface area contributed by atoms with Crippen LogP contribution in [0.2, 0.25) is 0 Å². The quantitative estimate of drug-likeness (QED) is 0.221. The van der Waals surface area contributed by atoms with Gasteiger partial charge in [-0.3, -0.25) is 0 Å². The summed E-state index contributed by atoms with van der Waals surface area (Å²) in [5.41, 5.74) is 13.0. The van der Waals surface area contributed by atoms with Gasteiger partial charge in [-0.25, -0.2) is 4.99 Å². The van der Waals surface area contributed by atoms with Crippen LogP contribution in [0.3, 0.4) is 0 Å². The van der Waals surface area contributed by atoms with E-state index in [9.17, 15) is 0 Å². The maximum absolute atomic E-state index is 5.43. The van der Waals surface area contributed by atoms with Crippen LogP contribution in [0, 0.1) is 0 Å². The van der Waals surface area contributed by atoms with Gasteiger partial charge in [0.05, 0.1) is 16.7 Å². The topological polar surface area (TPSA) is 29.3 Å². The van der Waals surface area contributed by atoms with Crippen LogP contribution in [0.4, 0.5) is 5.69 Å². The molecule has 0 radical (unpaired) electrons. The minimum atomic E-state index is -0.308. The van der Waals surface area contributed by atoms with E-state index in [1.807, 2.05) is 13.8 Å². The van der Waals surface area contributed by atoms with Crippen LogP contribution in [0.1, 0.15) is 54.9 Å². The van der Waals surface area contributed by atoms with Crippen LogP contribution in [0.5, 0.6) is 0 Å². The number of para-hydroxylation sites is 2. The molecule has 6 aromatic carbocycles. The van der Waals surface area contributed by atoms with Crippen molar-refractivity contribution in [3.8, 4) is 11.1 Å². The van der Waals surface area contributed by atoms with Crippen LogP contribution in [-0.4, -0.2) is 10.3 Å². The van der Waals surface area contributed by atoms with Gasteiger partial charge in [-0.2, -0.15) is 0 Å². The molecule has 2 aliphatic rings. The number of nitrogens with one attached hydrogen (secondary N) is 1. The van der Waals surface area contributed by atoms with Gasteiger partial charge in [0, 0.05) is 33.0 Å². The molecule has 45 heavy (non-hydrogen) atoms. The van der Waals surface area contributed by atoms with Crippen molar-refractivity contribution in [1.82, 2.24) is 4.57 Å². The molecule has 3 heteroatoms. The van der Waals surface area contributed by atoms with Crippen molar-refractivity contribution in [3.05, 3.63) is 173 Å². The van der Waals surface area contributed by atoms with Crippen LogP contribution < -0.4 is 5.32 Å². The van der Waals surface area contributed by atoms with Gasteiger partial charge in [-0.05, 0) is 59.0 Å². The molecule has 1 aromatic heterocycles. The third-order valence-electron chi connectivity index (χ3n) is 9.50. The molecule has 218 valence electrons. The lowest BCUT2D eigenvalue weighted by molar-refractivity contribution is 0.623. The van der Waals surface area contributed by atoms with E-state index in [1.54, 1.807) is 0 Å². The second-order valence-corrected chi connectivity index (χ2v) is 11.7. The molecule has 0 bridgehead atoms. The van der Waals surface area contributed by atoms with E-state index in [1.165, 1.54) is 49.6 Å². The predicted octanol–water partition coefficient (Wildman–Crippen LogP) is 10.6. The van der Waals surface area contributed by atoms with E-state index in [-0.39, 0.29) is 11.7 Å². The third kappa shape index (κ3) is 4.00. The van der Waals surface area contributed by atoms with E-state index in [2.05, 4.69) is 162 Å². The van der Waals surface area contributed by atoms with Crippen LogP contribution in [0.15, 0.2) is 151 Å². The van der Waals surface area contributed by atoms with Gasteiger partial charge < -0.3 is 9.88 Å². The molecule has 1 aliphatic heterocycles. The lowest BCUT2D eigenvalue weighted by Gasteiger charge is -2.29. The zero-order chi connectivity index (χ0) is 30.5. The first-order chi connectivity index (χ1) is 22.2. The summed E-state index contributed by atoms with van der Waals surface area (Å²) in [4.78, 5) is 5.43. The Morgan fingerprint density at radius 3 is 2.02 bits per heavy atom. The Balaban J connectivity index is 0.00000147. The summed E-state index contributed by atoms with van der Waals surface area (Å²) in [6.45, 7) is 6.38. The fraction of sp³-hybridized carbons (Fsp3) is 0.119. The van der Waals surface area contributed by atoms with E-state index in [0.717, 1.165) is 22.5 Å². The summed E-state index contributed by atoms with van der Waals surface area (Å²) in [6, 6.07) is 52.5. The molecule has 2 atom stereocenters. The number of fused-ring (bicyclic) bond motifs is 7. The number of anilines is 1. The number of benzene rings is 6. The van der Waals surface area contributed by atoms with E-state index < -0.39 is 0 Å². The second kappa shape index (κ2) is 10.6. The summed E-state index contributed by atoms with van der Waals surface area (Å²) >= 11 is 0. The summed E-state index contributed by atoms with van der Waals surface area (Å²) in [5, 5.41) is 6.28. The number of nitrogens with zero attached hydrogens (tertiary/aromatic N) is 2. The summed E-state index contributed by atoms with van der Waals surface area (Å²) < 4.78 is 2.40. The predicted molar refractivity (Wildman–Crippen MR) is 189 cm³/mol. The van der Waals surface area contributed by atoms with Crippen LogP contribution in [0.25, 0.3) is 32.9 Å². The first-order valence-electron chi connectivity index (χ1n) is 15.9. The van der Waals surface area contributed by atoms with Gasteiger partial charge in [0.2, 0.25) is 6.29 Å². The van der Waals surface area contributed by atoms with Crippen molar-refractivity contribution in [2.24, 2.45) is 4.99 Å².